The molecule has 0 saturated carbocycles. The Bertz CT molecular complexity index is 882. The van der Waals surface area contributed by atoms with Crippen LogP contribution in [0.1, 0.15) is 38.3 Å². The van der Waals surface area contributed by atoms with E-state index in [9.17, 15) is 9.59 Å². The van der Waals surface area contributed by atoms with Crippen molar-refractivity contribution in [2.24, 2.45) is 17.6 Å². The highest BCUT2D eigenvalue weighted by Gasteiger charge is 2.42. The molecule has 2 aliphatic heterocycles. The first-order valence-electron chi connectivity index (χ1n) is 10.5. The van der Waals surface area contributed by atoms with Gasteiger partial charge < -0.3 is 15.5 Å². The van der Waals surface area contributed by atoms with Crippen molar-refractivity contribution in [1.29, 1.82) is 0 Å². The number of hydrogen-bond acceptors (Lipinski definition) is 3. The van der Waals surface area contributed by atoms with E-state index in [4.69, 9.17) is 5.73 Å². The fourth-order valence-electron chi connectivity index (χ4n) is 4.91. The summed E-state index contributed by atoms with van der Waals surface area (Å²) in [4.78, 5) is 29.4. The Balaban J connectivity index is 1.32. The molecule has 0 radical (unpaired) electrons. The lowest BCUT2D eigenvalue weighted by Gasteiger charge is -2.23. The van der Waals surface area contributed by atoms with Crippen molar-refractivity contribution in [2.45, 2.75) is 19.8 Å². The molecule has 29 heavy (non-hydrogen) atoms. The van der Waals surface area contributed by atoms with Gasteiger partial charge in [0.2, 0.25) is 5.91 Å². The maximum atomic E-state index is 13.1. The number of fused-ring (bicyclic) bond motifs is 1. The van der Waals surface area contributed by atoms with Crippen LogP contribution in [0.2, 0.25) is 0 Å². The van der Waals surface area contributed by atoms with Crippen LogP contribution in [0.5, 0.6) is 0 Å². The second kappa shape index (κ2) is 8.37. The van der Waals surface area contributed by atoms with Gasteiger partial charge in [-0.05, 0) is 55.3 Å². The summed E-state index contributed by atoms with van der Waals surface area (Å²) in [6.45, 7) is 6.63. The van der Waals surface area contributed by atoms with Gasteiger partial charge in [0, 0.05) is 26.2 Å². The van der Waals surface area contributed by atoms with E-state index in [0.29, 0.717) is 23.0 Å². The standard InChI is InChI=1S/C24H29N3O2/c1-17-7-5-11-21(23(25)28)22(17)24(29)27-15-19-13-26(14-20(19)16-27)12-6-10-18-8-3-2-4-9-18/h2-5,7-9,11,19-20H,6,10,12-16H2,1H3,(H2,25,28)/t19-,20?/m0/s1. The van der Waals surface area contributed by atoms with Crippen LogP contribution in [0, 0.1) is 18.8 Å². The molecule has 2 aromatic rings. The van der Waals surface area contributed by atoms with Gasteiger partial charge in [0.05, 0.1) is 11.1 Å². The molecule has 0 spiro atoms. The summed E-state index contributed by atoms with van der Waals surface area (Å²) in [5, 5.41) is 0. The smallest absolute Gasteiger partial charge is 0.254 e. The zero-order valence-corrected chi connectivity index (χ0v) is 17.0. The lowest BCUT2D eigenvalue weighted by atomic mass is 10.00. The van der Waals surface area contributed by atoms with Crippen LogP contribution in [0.4, 0.5) is 0 Å². The molecule has 4 rings (SSSR count). The highest BCUT2D eigenvalue weighted by atomic mass is 16.2. The summed E-state index contributed by atoms with van der Waals surface area (Å²) in [5.41, 5.74) is 8.51. The van der Waals surface area contributed by atoms with Crippen molar-refractivity contribution >= 4 is 11.8 Å². The fraction of sp³-hybridized carbons (Fsp3) is 0.417. The van der Waals surface area contributed by atoms with Crippen LogP contribution in [-0.2, 0) is 6.42 Å². The second-order valence-electron chi connectivity index (χ2n) is 8.44. The molecule has 2 atom stereocenters. The van der Waals surface area contributed by atoms with E-state index in [2.05, 4.69) is 35.2 Å². The number of benzene rings is 2. The zero-order chi connectivity index (χ0) is 20.4. The van der Waals surface area contributed by atoms with Crippen molar-refractivity contribution in [2.75, 3.05) is 32.7 Å². The summed E-state index contributed by atoms with van der Waals surface area (Å²) in [5.74, 6) is 0.455. The highest BCUT2D eigenvalue weighted by molar-refractivity contribution is 6.07. The molecule has 5 heteroatoms. The third-order valence-electron chi connectivity index (χ3n) is 6.38. The minimum Gasteiger partial charge on any atom is -0.366 e. The largest absolute Gasteiger partial charge is 0.366 e. The second-order valence-corrected chi connectivity index (χ2v) is 8.44. The number of carbonyl (C=O) groups is 2. The van der Waals surface area contributed by atoms with Crippen LogP contribution in [-0.4, -0.2) is 54.3 Å². The Morgan fingerprint density at radius 1 is 0.966 bits per heavy atom. The molecular formula is C24H29N3O2. The Hall–Kier alpha value is -2.66. The van der Waals surface area contributed by atoms with Crippen molar-refractivity contribution < 1.29 is 9.59 Å². The summed E-state index contributed by atoms with van der Waals surface area (Å²) in [7, 11) is 0. The molecule has 2 aromatic carbocycles. The van der Waals surface area contributed by atoms with E-state index in [0.717, 1.165) is 51.1 Å². The van der Waals surface area contributed by atoms with Gasteiger partial charge in [0.1, 0.15) is 0 Å². The van der Waals surface area contributed by atoms with Crippen molar-refractivity contribution in [3.8, 4) is 0 Å². The number of hydrogen-bond donors (Lipinski definition) is 1. The van der Waals surface area contributed by atoms with Crippen molar-refractivity contribution in [3.05, 3.63) is 70.8 Å². The number of rotatable bonds is 6. The Labute approximate surface area is 172 Å². The molecule has 2 saturated heterocycles. The molecule has 2 amide bonds. The van der Waals surface area contributed by atoms with Crippen LogP contribution < -0.4 is 5.73 Å². The monoisotopic (exact) mass is 391 g/mol. The molecular weight excluding hydrogens is 362 g/mol. The Kier molecular flexibility index (Phi) is 5.67. The van der Waals surface area contributed by atoms with Gasteiger partial charge in [-0.2, -0.15) is 0 Å². The lowest BCUT2D eigenvalue weighted by Crippen LogP contribution is -2.35. The zero-order valence-electron chi connectivity index (χ0n) is 17.0. The van der Waals surface area contributed by atoms with Gasteiger partial charge in [-0.15, -0.1) is 0 Å². The van der Waals surface area contributed by atoms with Crippen LogP contribution in [0.15, 0.2) is 48.5 Å². The van der Waals surface area contributed by atoms with Gasteiger partial charge >= 0.3 is 0 Å². The summed E-state index contributed by atoms with van der Waals surface area (Å²) >= 11 is 0. The number of nitrogens with two attached hydrogens (primary N) is 1. The van der Waals surface area contributed by atoms with Crippen molar-refractivity contribution in [1.82, 2.24) is 9.80 Å². The predicted molar refractivity (Wildman–Crippen MR) is 114 cm³/mol. The first-order valence-corrected chi connectivity index (χ1v) is 10.5. The third kappa shape index (κ3) is 4.20. The van der Waals surface area contributed by atoms with E-state index in [1.807, 2.05) is 17.9 Å². The van der Waals surface area contributed by atoms with Gasteiger partial charge in [-0.1, -0.05) is 42.5 Å². The predicted octanol–water partition coefficient (Wildman–Crippen LogP) is 2.73. The van der Waals surface area contributed by atoms with E-state index in [-0.39, 0.29) is 5.91 Å². The van der Waals surface area contributed by atoms with E-state index in [1.165, 1.54) is 5.56 Å². The molecule has 152 valence electrons. The van der Waals surface area contributed by atoms with Gasteiger partial charge in [-0.3, -0.25) is 9.59 Å². The number of nitrogens with zero attached hydrogens (tertiary/aromatic N) is 2. The molecule has 0 aromatic heterocycles. The van der Waals surface area contributed by atoms with Crippen LogP contribution >= 0.6 is 0 Å². The van der Waals surface area contributed by atoms with Gasteiger partial charge in [0.15, 0.2) is 0 Å². The number of aryl methyl sites for hydroxylation is 2. The topological polar surface area (TPSA) is 66.6 Å². The fourth-order valence-corrected chi connectivity index (χ4v) is 4.91. The molecule has 2 aliphatic rings. The summed E-state index contributed by atoms with van der Waals surface area (Å²) < 4.78 is 0. The summed E-state index contributed by atoms with van der Waals surface area (Å²) in [6.07, 6.45) is 2.28. The maximum Gasteiger partial charge on any atom is 0.254 e. The van der Waals surface area contributed by atoms with Crippen LogP contribution in [0.25, 0.3) is 0 Å². The molecule has 1 unspecified atom stereocenters. The lowest BCUT2D eigenvalue weighted by molar-refractivity contribution is 0.0768. The molecule has 0 bridgehead atoms. The minimum atomic E-state index is -0.541. The van der Waals surface area contributed by atoms with Crippen molar-refractivity contribution in [3.63, 3.8) is 0 Å². The maximum absolute atomic E-state index is 13.1. The minimum absolute atomic E-state index is 0.0538. The van der Waals surface area contributed by atoms with Gasteiger partial charge in [-0.25, -0.2) is 0 Å². The number of amides is 2. The third-order valence-corrected chi connectivity index (χ3v) is 6.38. The summed E-state index contributed by atoms with van der Waals surface area (Å²) in [6, 6.07) is 15.9. The average molecular weight is 392 g/mol. The Morgan fingerprint density at radius 3 is 2.31 bits per heavy atom. The molecule has 2 fully saturated rings. The first kappa shape index (κ1) is 19.6. The molecule has 2 heterocycles. The number of likely N-dealkylation sites (tertiary alicyclic amines) is 2. The first-order chi connectivity index (χ1) is 14.0. The highest BCUT2D eigenvalue weighted by Crippen LogP contribution is 2.32. The van der Waals surface area contributed by atoms with E-state index >= 15 is 0 Å². The normalized spacial score (nSPS) is 21.3. The molecule has 0 aliphatic carbocycles. The molecule has 2 N–H and O–H groups in total. The van der Waals surface area contributed by atoms with Gasteiger partial charge in [0.25, 0.3) is 5.91 Å². The average Bonchev–Trinajstić information content (AvgIpc) is 3.27. The number of primary amides is 1. The molecule has 5 nitrogen and oxygen atoms in total. The van der Waals surface area contributed by atoms with E-state index in [1.54, 1.807) is 12.1 Å². The number of carbonyl (C=O) groups excluding carboxylic acids is 2. The Morgan fingerprint density at radius 2 is 1.66 bits per heavy atom. The quantitative estimate of drug-likeness (QED) is 0.823. The van der Waals surface area contributed by atoms with Crippen LogP contribution in [0.3, 0.4) is 0 Å². The van der Waals surface area contributed by atoms with E-state index < -0.39 is 5.91 Å². The SMILES string of the molecule is Cc1cccc(C(N)=O)c1C(=O)N1CC2CN(CCCc3ccccc3)C[C@H]2C1.